The number of rotatable bonds is 4. The monoisotopic (exact) mass is 446 g/mol. The highest BCUT2D eigenvalue weighted by molar-refractivity contribution is 5.78. The van der Waals surface area contributed by atoms with E-state index in [4.69, 9.17) is 5.73 Å². The summed E-state index contributed by atoms with van der Waals surface area (Å²) in [6, 6.07) is 13.8. The molecule has 0 unspecified atom stereocenters. The van der Waals surface area contributed by atoms with Crippen LogP contribution in [0.15, 0.2) is 36.4 Å². The highest BCUT2D eigenvalue weighted by Gasteiger charge is 2.28. The quantitative estimate of drug-likeness (QED) is 0.719. The number of hydrogen-bond donors (Lipinski definition) is 1. The number of aryl methyl sites for hydroxylation is 1. The van der Waals surface area contributed by atoms with Crippen LogP contribution in [0.5, 0.6) is 0 Å². The maximum absolute atomic E-state index is 13.0. The average Bonchev–Trinajstić information content (AvgIpc) is 2.84. The molecule has 1 saturated carbocycles. The fraction of sp³-hybridized carbons (Fsp3) is 0.536. The maximum atomic E-state index is 13.0. The summed E-state index contributed by atoms with van der Waals surface area (Å²) in [6.07, 6.45) is 7.84. The first-order valence-electron chi connectivity index (χ1n) is 12.8. The van der Waals surface area contributed by atoms with Crippen LogP contribution in [0.4, 0.5) is 5.69 Å². The van der Waals surface area contributed by atoms with Gasteiger partial charge in [-0.2, -0.15) is 0 Å². The first-order valence-corrected chi connectivity index (χ1v) is 12.8. The largest absolute Gasteiger partial charge is 0.399 e. The third kappa shape index (κ3) is 5.25. The van der Waals surface area contributed by atoms with Crippen LogP contribution in [0.25, 0.3) is 11.1 Å². The second-order valence-electron chi connectivity index (χ2n) is 10.3. The summed E-state index contributed by atoms with van der Waals surface area (Å²) < 4.78 is 0. The molecule has 5 heteroatoms. The van der Waals surface area contributed by atoms with E-state index in [0.717, 1.165) is 57.4 Å². The molecule has 1 amide bonds. The van der Waals surface area contributed by atoms with Crippen LogP contribution in [0.3, 0.4) is 0 Å². The van der Waals surface area contributed by atoms with Gasteiger partial charge >= 0.3 is 0 Å². The number of nitrogen functional groups attached to an aromatic ring is 1. The van der Waals surface area contributed by atoms with Crippen molar-refractivity contribution in [2.24, 2.45) is 0 Å². The van der Waals surface area contributed by atoms with Gasteiger partial charge in [-0.3, -0.25) is 14.6 Å². The molecule has 2 N–H and O–H groups in total. The van der Waals surface area contributed by atoms with E-state index in [1.165, 1.54) is 59.9 Å². The number of amides is 1. The Hall–Kier alpha value is -2.37. The minimum atomic E-state index is 0.300. The first kappa shape index (κ1) is 22.4. The Kier molecular flexibility index (Phi) is 6.70. The van der Waals surface area contributed by atoms with Crippen molar-refractivity contribution < 1.29 is 4.79 Å². The van der Waals surface area contributed by atoms with E-state index in [0.29, 0.717) is 12.5 Å². The van der Waals surface area contributed by atoms with Crippen molar-refractivity contribution in [2.45, 2.75) is 58.0 Å². The van der Waals surface area contributed by atoms with Gasteiger partial charge in [0.1, 0.15) is 0 Å². The molecule has 5 rings (SSSR count). The Morgan fingerprint density at radius 3 is 2.45 bits per heavy atom. The number of fused-ring (bicyclic) bond motifs is 1. The minimum Gasteiger partial charge on any atom is -0.399 e. The van der Waals surface area contributed by atoms with Crippen LogP contribution in [0.1, 0.15) is 48.8 Å². The SMILES string of the molecule is Cc1cc(N)cc(-c2ccc3c(c2)CCN(CC(=O)N2CCN(C4CCCCC4)CC2)C3)c1. The number of carbonyl (C=O) groups is 1. The Balaban J connectivity index is 1.16. The molecule has 0 spiro atoms. The third-order valence-electron chi connectivity index (χ3n) is 7.85. The van der Waals surface area contributed by atoms with E-state index < -0.39 is 0 Å². The van der Waals surface area contributed by atoms with Crippen LogP contribution in [-0.4, -0.2) is 65.9 Å². The summed E-state index contributed by atoms with van der Waals surface area (Å²) in [4.78, 5) is 20.1. The van der Waals surface area contributed by atoms with Crippen LogP contribution in [0, 0.1) is 6.92 Å². The molecule has 2 fully saturated rings. The van der Waals surface area contributed by atoms with Gasteiger partial charge in [-0.05, 0) is 66.1 Å². The molecule has 0 bridgehead atoms. The summed E-state index contributed by atoms with van der Waals surface area (Å²) in [6.45, 7) is 8.31. The maximum Gasteiger partial charge on any atom is 0.236 e. The molecule has 2 aromatic carbocycles. The van der Waals surface area contributed by atoms with E-state index >= 15 is 0 Å². The molecule has 0 aromatic heterocycles. The smallest absolute Gasteiger partial charge is 0.236 e. The summed E-state index contributed by atoms with van der Waals surface area (Å²) in [5.74, 6) is 0.300. The van der Waals surface area contributed by atoms with Gasteiger partial charge in [0.25, 0.3) is 0 Å². The van der Waals surface area contributed by atoms with Crippen molar-refractivity contribution in [3.8, 4) is 11.1 Å². The number of nitrogens with two attached hydrogens (primary N) is 1. The highest BCUT2D eigenvalue weighted by Crippen LogP contribution is 2.28. The van der Waals surface area contributed by atoms with Crippen molar-refractivity contribution in [3.63, 3.8) is 0 Å². The predicted molar refractivity (Wildman–Crippen MR) is 135 cm³/mol. The standard InChI is InChI=1S/C28H38N4O/c1-21-15-25(18-26(29)16-21)22-7-8-24-19-30(10-9-23(24)17-22)20-28(33)32-13-11-31(12-14-32)27-5-3-2-4-6-27/h7-8,15-18,27H,2-6,9-14,19-20,29H2,1H3. The zero-order chi connectivity index (χ0) is 22.8. The lowest BCUT2D eigenvalue weighted by Crippen LogP contribution is -2.54. The van der Waals surface area contributed by atoms with E-state index in [9.17, 15) is 4.79 Å². The van der Waals surface area contributed by atoms with Crippen molar-refractivity contribution in [2.75, 3.05) is 45.0 Å². The van der Waals surface area contributed by atoms with Crippen molar-refractivity contribution in [1.82, 2.24) is 14.7 Å². The predicted octanol–water partition coefficient (Wildman–Crippen LogP) is 4.08. The second kappa shape index (κ2) is 9.86. The number of benzene rings is 2. The second-order valence-corrected chi connectivity index (χ2v) is 10.3. The highest BCUT2D eigenvalue weighted by atomic mass is 16.2. The molecule has 176 valence electrons. The normalized spacial score (nSPS) is 20.6. The Labute approximate surface area is 198 Å². The van der Waals surface area contributed by atoms with Gasteiger partial charge in [0, 0.05) is 51.0 Å². The van der Waals surface area contributed by atoms with Crippen LogP contribution in [0.2, 0.25) is 0 Å². The molecule has 2 aliphatic heterocycles. The van der Waals surface area contributed by atoms with E-state index in [1.54, 1.807) is 0 Å². The first-order chi connectivity index (χ1) is 16.0. The molecular formula is C28H38N4O. The topological polar surface area (TPSA) is 52.8 Å². The van der Waals surface area contributed by atoms with Crippen molar-refractivity contribution in [1.29, 1.82) is 0 Å². The lowest BCUT2D eigenvalue weighted by atomic mass is 9.93. The molecule has 0 atom stereocenters. The Morgan fingerprint density at radius 2 is 1.70 bits per heavy atom. The lowest BCUT2D eigenvalue weighted by molar-refractivity contribution is -0.134. The number of nitrogens with zero attached hydrogens (tertiary/aromatic N) is 3. The van der Waals surface area contributed by atoms with Gasteiger partial charge in [-0.1, -0.05) is 43.5 Å². The molecule has 2 heterocycles. The number of anilines is 1. The van der Waals surface area contributed by atoms with Gasteiger partial charge in [0.15, 0.2) is 0 Å². The van der Waals surface area contributed by atoms with Crippen molar-refractivity contribution in [3.05, 3.63) is 53.1 Å². The Morgan fingerprint density at radius 1 is 0.909 bits per heavy atom. The summed E-state index contributed by atoms with van der Waals surface area (Å²) in [7, 11) is 0. The lowest BCUT2D eigenvalue weighted by Gasteiger charge is -2.41. The number of carbonyl (C=O) groups excluding carboxylic acids is 1. The molecule has 2 aromatic rings. The van der Waals surface area contributed by atoms with Crippen LogP contribution < -0.4 is 5.73 Å². The number of piperazine rings is 1. The molecule has 33 heavy (non-hydrogen) atoms. The fourth-order valence-electron chi connectivity index (χ4n) is 5.98. The minimum absolute atomic E-state index is 0.300. The summed E-state index contributed by atoms with van der Waals surface area (Å²) in [5.41, 5.74) is 13.2. The summed E-state index contributed by atoms with van der Waals surface area (Å²) in [5, 5.41) is 0. The molecule has 3 aliphatic rings. The molecule has 1 aliphatic carbocycles. The molecule has 0 radical (unpaired) electrons. The van der Waals surface area contributed by atoms with Gasteiger partial charge in [0.05, 0.1) is 6.54 Å². The fourth-order valence-corrected chi connectivity index (χ4v) is 5.98. The molecule has 1 saturated heterocycles. The third-order valence-corrected chi connectivity index (χ3v) is 7.85. The van der Waals surface area contributed by atoms with Gasteiger partial charge < -0.3 is 10.6 Å². The zero-order valence-electron chi connectivity index (χ0n) is 20.1. The van der Waals surface area contributed by atoms with Gasteiger partial charge in [-0.15, -0.1) is 0 Å². The van der Waals surface area contributed by atoms with Crippen molar-refractivity contribution >= 4 is 11.6 Å². The van der Waals surface area contributed by atoms with Gasteiger partial charge in [-0.25, -0.2) is 0 Å². The Bertz CT molecular complexity index is 969. The average molecular weight is 447 g/mol. The number of hydrogen-bond acceptors (Lipinski definition) is 4. The van der Waals surface area contributed by atoms with E-state index in [1.807, 2.05) is 6.07 Å². The summed E-state index contributed by atoms with van der Waals surface area (Å²) >= 11 is 0. The van der Waals surface area contributed by atoms with E-state index in [2.05, 4.69) is 52.0 Å². The van der Waals surface area contributed by atoms with Crippen LogP contribution in [-0.2, 0) is 17.8 Å². The molecule has 5 nitrogen and oxygen atoms in total. The van der Waals surface area contributed by atoms with Crippen LogP contribution >= 0.6 is 0 Å². The zero-order valence-corrected chi connectivity index (χ0v) is 20.1. The van der Waals surface area contributed by atoms with Gasteiger partial charge in [0.2, 0.25) is 5.91 Å². The van der Waals surface area contributed by atoms with E-state index in [-0.39, 0.29) is 0 Å². The molecular weight excluding hydrogens is 408 g/mol.